The Balaban J connectivity index is 1.73. The standard InChI is InChI=1S/C19H16F2N2O/c1-12-17(10-18(23-12)14-4-8-16(21)9-5-14)19(24)22-11-13-2-6-15(20)7-3-13/h2-10,23H,11H2,1H3,(H,22,24). The van der Waals surface area contributed by atoms with Crippen molar-refractivity contribution in [2.24, 2.45) is 0 Å². The molecule has 0 atom stereocenters. The summed E-state index contributed by atoms with van der Waals surface area (Å²) >= 11 is 0. The fraction of sp³-hybridized carbons (Fsp3) is 0.105. The van der Waals surface area contributed by atoms with Crippen LogP contribution in [0, 0.1) is 18.6 Å². The van der Waals surface area contributed by atoms with Gasteiger partial charge in [-0.2, -0.15) is 0 Å². The van der Waals surface area contributed by atoms with Crippen LogP contribution in [0.4, 0.5) is 8.78 Å². The number of rotatable bonds is 4. The van der Waals surface area contributed by atoms with Crippen molar-refractivity contribution in [3.8, 4) is 11.3 Å². The Kier molecular flexibility index (Phi) is 4.42. The molecule has 3 rings (SSSR count). The van der Waals surface area contributed by atoms with E-state index in [0.717, 1.165) is 22.5 Å². The molecule has 0 spiro atoms. The molecule has 0 radical (unpaired) electrons. The first-order valence-electron chi connectivity index (χ1n) is 7.51. The van der Waals surface area contributed by atoms with E-state index in [9.17, 15) is 13.6 Å². The average Bonchev–Trinajstić information content (AvgIpc) is 2.96. The highest BCUT2D eigenvalue weighted by atomic mass is 19.1. The van der Waals surface area contributed by atoms with Gasteiger partial charge in [-0.1, -0.05) is 12.1 Å². The molecule has 5 heteroatoms. The second-order valence-electron chi connectivity index (χ2n) is 5.54. The lowest BCUT2D eigenvalue weighted by Crippen LogP contribution is -2.23. The minimum atomic E-state index is -0.310. The fourth-order valence-electron chi connectivity index (χ4n) is 2.46. The van der Waals surface area contributed by atoms with Crippen molar-refractivity contribution in [2.45, 2.75) is 13.5 Å². The maximum absolute atomic E-state index is 13.0. The molecule has 24 heavy (non-hydrogen) atoms. The Morgan fingerprint density at radius 3 is 2.21 bits per heavy atom. The largest absolute Gasteiger partial charge is 0.358 e. The Bertz CT molecular complexity index is 852. The summed E-state index contributed by atoms with van der Waals surface area (Å²) in [5, 5.41) is 2.81. The van der Waals surface area contributed by atoms with Gasteiger partial charge in [0, 0.05) is 17.9 Å². The third-order valence-electron chi connectivity index (χ3n) is 3.78. The van der Waals surface area contributed by atoms with Gasteiger partial charge >= 0.3 is 0 Å². The number of aromatic amines is 1. The Hall–Kier alpha value is -2.95. The maximum atomic E-state index is 13.0. The van der Waals surface area contributed by atoms with Crippen LogP contribution in [0.1, 0.15) is 21.6 Å². The van der Waals surface area contributed by atoms with Crippen LogP contribution in [-0.2, 0) is 6.54 Å². The molecule has 2 N–H and O–H groups in total. The maximum Gasteiger partial charge on any atom is 0.253 e. The number of halogens is 2. The summed E-state index contributed by atoms with van der Waals surface area (Å²) in [4.78, 5) is 15.5. The summed E-state index contributed by atoms with van der Waals surface area (Å²) in [7, 11) is 0. The second kappa shape index (κ2) is 6.66. The second-order valence-corrected chi connectivity index (χ2v) is 5.54. The first kappa shape index (κ1) is 15.9. The number of carbonyl (C=O) groups excluding carboxylic acids is 1. The summed E-state index contributed by atoms with van der Waals surface area (Å²) in [6.45, 7) is 2.12. The quantitative estimate of drug-likeness (QED) is 0.741. The third kappa shape index (κ3) is 3.51. The summed E-state index contributed by atoms with van der Waals surface area (Å²) in [5.74, 6) is -0.837. The molecule has 1 aromatic heterocycles. The molecule has 3 aromatic rings. The molecule has 0 aliphatic rings. The predicted octanol–water partition coefficient (Wildman–Crippen LogP) is 4.20. The van der Waals surface area contributed by atoms with Gasteiger partial charge in [0.05, 0.1) is 5.56 Å². The highest BCUT2D eigenvalue weighted by Crippen LogP contribution is 2.22. The van der Waals surface area contributed by atoms with Crippen molar-refractivity contribution in [3.63, 3.8) is 0 Å². The lowest BCUT2D eigenvalue weighted by Gasteiger charge is -2.04. The van der Waals surface area contributed by atoms with Crippen LogP contribution in [0.2, 0.25) is 0 Å². The van der Waals surface area contributed by atoms with Crippen LogP contribution in [0.15, 0.2) is 54.6 Å². The van der Waals surface area contributed by atoms with Crippen molar-refractivity contribution >= 4 is 5.91 Å². The monoisotopic (exact) mass is 326 g/mol. The number of H-pyrrole nitrogens is 1. The smallest absolute Gasteiger partial charge is 0.253 e. The zero-order chi connectivity index (χ0) is 17.1. The third-order valence-corrected chi connectivity index (χ3v) is 3.78. The van der Waals surface area contributed by atoms with Gasteiger partial charge in [0.1, 0.15) is 11.6 Å². The van der Waals surface area contributed by atoms with Crippen molar-refractivity contribution < 1.29 is 13.6 Å². The summed E-state index contributed by atoms with van der Waals surface area (Å²) in [6.07, 6.45) is 0. The number of aryl methyl sites for hydroxylation is 1. The molecule has 3 nitrogen and oxygen atoms in total. The highest BCUT2D eigenvalue weighted by Gasteiger charge is 2.13. The summed E-state index contributed by atoms with van der Waals surface area (Å²) in [6, 6.07) is 13.8. The highest BCUT2D eigenvalue weighted by molar-refractivity contribution is 5.96. The Morgan fingerprint density at radius 2 is 1.58 bits per heavy atom. The molecule has 0 aliphatic carbocycles. The van der Waals surface area contributed by atoms with E-state index in [1.165, 1.54) is 24.3 Å². The molecule has 0 saturated carbocycles. The van der Waals surface area contributed by atoms with E-state index in [-0.39, 0.29) is 17.5 Å². The summed E-state index contributed by atoms with van der Waals surface area (Å²) in [5.41, 5.74) is 3.62. The molecule has 1 heterocycles. The van der Waals surface area contributed by atoms with Gasteiger partial charge in [-0.25, -0.2) is 8.78 Å². The molecule has 0 saturated heterocycles. The van der Waals surface area contributed by atoms with E-state index in [4.69, 9.17) is 0 Å². The molecule has 0 unspecified atom stereocenters. The topological polar surface area (TPSA) is 44.9 Å². The predicted molar refractivity (Wildman–Crippen MR) is 88.5 cm³/mol. The fourth-order valence-corrected chi connectivity index (χ4v) is 2.46. The minimum Gasteiger partial charge on any atom is -0.358 e. The van der Waals surface area contributed by atoms with Gasteiger partial charge in [-0.15, -0.1) is 0 Å². The van der Waals surface area contributed by atoms with Crippen molar-refractivity contribution in [3.05, 3.63) is 83.1 Å². The first-order valence-corrected chi connectivity index (χ1v) is 7.51. The summed E-state index contributed by atoms with van der Waals surface area (Å²) < 4.78 is 25.9. The average molecular weight is 326 g/mol. The number of amides is 1. The molecule has 0 aliphatic heterocycles. The van der Waals surface area contributed by atoms with E-state index in [2.05, 4.69) is 10.3 Å². The van der Waals surface area contributed by atoms with Crippen LogP contribution >= 0.6 is 0 Å². The van der Waals surface area contributed by atoms with Crippen LogP contribution in [0.3, 0.4) is 0 Å². The van der Waals surface area contributed by atoms with E-state index in [0.29, 0.717) is 12.1 Å². The van der Waals surface area contributed by atoms with Crippen LogP contribution < -0.4 is 5.32 Å². The van der Waals surface area contributed by atoms with Crippen LogP contribution in [0.5, 0.6) is 0 Å². The molecular weight excluding hydrogens is 310 g/mol. The zero-order valence-corrected chi connectivity index (χ0v) is 13.1. The van der Waals surface area contributed by atoms with E-state index in [1.807, 2.05) is 0 Å². The molecular formula is C19H16F2N2O. The van der Waals surface area contributed by atoms with Gasteiger partial charge in [0.2, 0.25) is 0 Å². The number of hydrogen-bond acceptors (Lipinski definition) is 1. The van der Waals surface area contributed by atoms with Gasteiger partial charge in [-0.05, 0) is 60.5 Å². The normalized spacial score (nSPS) is 10.6. The lowest BCUT2D eigenvalue weighted by molar-refractivity contribution is 0.0950. The van der Waals surface area contributed by atoms with Gasteiger partial charge in [0.25, 0.3) is 5.91 Å². The minimum absolute atomic E-state index is 0.221. The Morgan fingerprint density at radius 1 is 1.00 bits per heavy atom. The first-order chi connectivity index (χ1) is 11.5. The van der Waals surface area contributed by atoms with Gasteiger partial charge in [-0.3, -0.25) is 4.79 Å². The molecule has 2 aromatic carbocycles. The molecule has 1 amide bonds. The molecule has 0 fully saturated rings. The Labute approximate surface area is 138 Å². The number of carbonyl (C=O) groups is 1. The van der Waals surface area contributed by atoms with E-state index >= 15 is 0 Å². The van der Waals surface area contributed by atoms with Crippen LogP contribution in [0.25, 0.3) is 11.3 Å². The van der Waals surface area contributed by atoms with Gasteiger partial charge < -0.3 is 10.3 Å². The number of aromatic nitrogens is 1. The number of nitrogens with one attached hydrogen (secondary N) is 2. The van der Waals surface area contributed by atoms with Crippen LogP contribution in [-0.4, -0.2) is 10.9 Å². The zero-order valence-electron chi connectivity index (χ0n) is 13.1. The molecule has 122 valence electrons. The van der Waals surface area contributed by atoms with Crippen molar-refractivity contribution in [1.82, 2.24) is 10.3 Å². The SMILES string of the molecule is Cc1[nH]c(-c2ccc(F)cc2)cc1C(=O)NCc1ccc(F)cc1. The molecule has 0 bridgehead atoms. The van der Waals surface area contributed by atoms with Crippen molar-refractivity contribution in [2.75, 3.05) is 0 Å². The number of benzene rings is 2. The number of hydrogen-bond donors (Lipinski definition) is 2. The lowest BCUT2D eigenvalue weighted by atomic mass is 10.1. The van der Waals surface area contributed by atoms with E-state index in [1.54, 1.807) is 37.3 Å². The van der Waals surface area contributed by atoms with E-state index < -0.39 is 0 Å². The van der Waals surface area contributed by atoms with Crippen molar-refractivity contribution in [1.29, 1.82) is 0 Å². The van der Waals surface area contributed by atoms with Gasteiger partial charge in [0.15, 0.2) is 0 Å².